The number of halogens is 2. The van der Waals surface area contributed by atoms with E-state index in [9.17, 15) is 8.78 Å². The second kappa shape index (κ2) is 6.18. The maximum Gasteiger partial charge on any atom is 0.249 e. The molecule has 1 aliphatic heterocycles. The number of nitrogens with one attached hydrogen (secondary N) is 1. The van der Waals surface area contributed by atoms with E-state index in [-0.39, 0.29) is 11.9 Å². The van der Waals surface area contributed by atoms with Crippen molar-refractivity contribution in [1.29, 1.82) is 0 Å². The van der Waals surface area contributed by atoms with Gasteiger partial charge in [0.2, 0.25) is 5.95 Å². The molecule has 2 unspecified atom stereocenters. The first-order valence-corrected chi connectivity index (χ1v) is 6.97. The molecule has 0 radical (unpaired) electrons. The third-order valence-corrected chi connectivity index (χ3v) is 3.69. The quantitative estimate of drug-likeness (QED) is 0.879. The van der Waals surface area contributed by atoms with Crippen molar-refractivity contribution >= 4 is 0 Å². The molecule has 1 saturated heterocycles. The average molecular weight is 290 g/mol. The lowest BCUT2D eigenvalue weighted by molar-refractivity contribution is 0.143. The molecule has 2 atom stereocenters. The van der Waals surface area contributed by atoms with Crippen molar-refractivity contribution in [3.8, 4) is 5.75 Å². The summed E-state index contributed by atoms with van der Waals surface area (Å²) in [6, 6.07) is 10.8. The van der Waals surface area contributed by atoms with Crippen LogP contribution in [0.25, 0.3) is 0 Å². The van der Waals surface area contributed by atoms with Crippen molar-refractivity contribution in [2.24, 2.45) is 5.92 Å². The lowest BCUT2D eigenvalue weighted by atomic mass is 9.95. The van der Waals surface area contributed by atoms with Crippen molar-refractivity contribution in [3.05, 3.63) is 59.9 Å². The molecule has 0 bridgehead atoms. The van der Waals surface area contributed by atoms with E-state index in [1.54, 1.807) is 0 Å². The van der Waals surface area contributed by atoms with Crippen LogP contribution >= 0.6 is 0 Å². The topological polar surface area (TPSA) is 34.1 Å². The Balaban J connectivity index is 1.86. The zero-order valence-corrected chi connectivity index (χ0v) is 11.4. The highest BCUT2D eigenvalue weighted by molar-refractivity contribution is 5.23. The van der Waals surface area contributed by atoms with Crippen molar-refractivity contribution in [1.82, 2.24) is 10.3 Å². The lowest BCUT2D eigenvalue weighted by Crippen LogP contribution is -2.21. The number of benzene rings is 1. The summed E-state index contributed by atoms with van der Waals surface area (Å²) in [5.74, 6) is -1.57. The number of pyridine rings is 1. The summed E-state index contributed by atoms with van der Waals surface area (Å²) in [6.45, 7) is 1.78. The van der Waals surface area contributed by atoms with Gasteiger partial charge >= 0.3 is 0 Å². The van der Waals surface area contributed by atoms with Crippen LogP contribution in [0, 0.1) is 17.7 Å². The Morgan fingerprint density at radius 1 is 1.24 bits per heavy atom. The van der Waals surface area contributed by atoms with Crippen LogP contribution in [-0.2, 0) is 0 Å². The number of nitrogens with zero attached hydrogens (tertiary/aromatic N) is 1. The average Bonchev–Trinajstić information content (AvgIpc) is 3.03. The van der Waals surface area contributed by atoms with Gasteiger partial charge in [-0.15, -0.1) is 0 Å². The van der Waals surface area contributed by atoms with Gasteiger partial charge in [-0.2, -0.15) is 4.39 Å². The van der Waals surface area contributed by atoms with Crippen molar-refractivity contribution in [2.45, 2.75) is 12.5 Å². The van der Waals surface area contributed by atoms with Crippen LogP contribution < -0.4 is 10.1 Å². The first kappa shape index (κ1) is 13.9. The normalized spacial score (nSPS) is 19.4. The van der Waals surface area contributed by atoms with Crippen LogP contribution in [0.15, 0.2) is 42.6 Å². The van der Waals surface area contributed by atoms with Gasteiger partial charge in [-0.1, -0.05) is 30.3 Å². The number of ether oxygens (including phenoxy) is 1. The van der Waals surface area contributed by atoms with Gasteiger partial charge in [-0.25, -0.2) is 9.37 Å². The molecule has 1 N–H and O–H groups in total. The zero-order valence-electron chi connectivity index (χ0n) is 11.4. The third kappa shape index (κ3) is 3.19. The molecule has 0 aliphatic carbocycles. The Morgan fingerprint density at radius 3 is 2.71 bits per heavy atom. The highest BCUT2D eigenvalue weighted by Gasteiger charge is 2.28. The SMILES string of the molecule is Fc1cc(OC(c2ccccc2)C2CCNC2)cnc1F. The molecule has 0 spiro atoms. The minimum atomic E-state index is -1.11. The molecule has 2 heterocycles. The first-order chi connectivity index (χ1) is 10.2. The lowest BCUT2D eigenvalue weighted by Gasteiger charge is -2.24. The van der Waals surface area contributed by atoms with Crippen LogP contribution in [0.5, 0.6) is 5.75 Å². The molecule has 0 amide bonds. The minimum absolute atomic E-state index is 0.201. The van der Waals surface area contributed by atoms with Crippen molar-refractivity contribution in [3.63, 3.8) is 0 Å². The standard InChI is InChI=1S/C16H16F2N2O/c17-14-8-13(10-20-16(14)18)21-15(12-6-7-19-9-12)11-4-2-1-3-5-11/h1-5,8,10,12,15,19H,6-7,9H2. The molecule has 110 valence electrons. The van der Waals surface area contributed by atoms with Gasteiger partial charge < -0.3 is 10.1 Å². The molecule has 3 nitrogen and oxygen atoms in total. The molecule has 1 aromatic carbocycles. The van der Waals surface area contributed by atoms with Crippen LogP contribution in [-0.4, -0.2) is 18.1 Å². The fourth-order valence-corrected chi connectivity index (χ4v) is 2.63. The molecule has 5 heteroatoms. The van der Waals surface area contributed by atoms with Gasteiger partial charge in [-0.05, 0) is 18.5 Å². The second-order valence-electron chi connectivity index (χ2n) is 5.15. The monoisotopic (exact) mass is 290 g/mol. The molecule has 0 saturated carbocycles. The van der Waals surface area contributed by atoms with Gasteiger partial charge in [0.25, 0.3) is 0 Å². The van der Waals surface area contributed by atoms with E-state index >= 15 is 0 Å². The van der Waals surface area contributed by atoms with E-state index in [1.165, 1.54) is 6.20 Å². The maximum absolute atomic E-state index is 13.3. The van der Waals surface area contributed by atoms with Crippen LogP contribution in [0.4, 0.5) is 8.78 Å². The van der Waals surface area contributed by atoms with E-state index in [4.69, 9.17) is 4.74 Å². The number of rotatable bonds is 4. The number of aromatic nitrogens is 1. The highest BCUT2D eigenvalue weighted by atomic mass is 19.2. The fraction of sp³-hybridized carbons (Fsp3) is 0.312. The van der Waals surface area contributed by atoms with E-state index < -0.39 is 11.8 Å². The van der Waals surface area contributed by atoms with Gasteiger partial charge in [-0.3, -0.25) is 0 Å². The molecule has 3 rings (SSSR count). The molecule has 2 aromatic rings. The third-order valence-electron chi connectivity index (χ3n) is 3.69. The van der Waals surface area contributed by atoms with Gasteiger partial charge in [0, 0.05) is 18.5 Å². The maximum atomic E-state index is 13.3. The summed E-state index contributed by atoms with van der Waals surface area (Å²) in [6.07, 6.45) is 2.00. The molecule has 1 fully saturated rings. The summed E-state index contributed by atoms with van der Waals surface area (Å²) in [4.78, 5) is 3.37. The number of hydrogen-bond acceptors (Lipinski definition) is 3. The minimum Gasteiger partial charge on any atom is -0.484 e. The van der Waals surface area contributed by atoms with Crippen molar-refractivity contribution < 1.29 is 13.5 Å². The van der Waals surface area contributed by atoms with Crippen LogP contribution in [0.2, 0.25) is 0 Å². The Hall–Kier alpha value is -2.01. The molecule has 1 aromatic heterocycles. The molecule has 1 aliphatic rings. The molecular formula is C16H16F2N2O. The summed E-state index contributed by atoms with van der Waals surface area (Å²) < 4.78 is 32.1. The summed E-state index contributed by atoms with van der Waals surface area (Å²) in [5.41, 5.74) is 1.02. The van der Waals surface area contributed by atoms with Crippen LogP contribution in [0.1, 0.15) is 18.1 Å². The Bertz CT molecular complexity index is 600. The summed E-state index contributed by atoms with van der Waals surface area (Å²) in [5, 5.41) is 3.30. The van der Waals surface area contributed by atoms with Crippen molar-refractivity contribution in [2.75, 3.05) is 13.1 Å². The Labute approximate surface area is 122 Å². The summed E-state index contributed by atoms with van der Waals surface area (Å²) in [7, 11) is 0. The smallest absolute Gasteiger partial charge is 0.249 e. The highest BCUT2D eigenvalue weighted by Crippen LogP contribution is 2.32. The van der Waals surface area contributed by atoms with E-state index in [2.05, 4.69) is 10.3 Å². The van der Waals surface area contributed by atoms with Crippen LogP contribution in [0.3, 0.4) is 0 Å². The van der Waals surface area contributed by atoms with Gasteiger partial charge in [0.15, 0.2) is 5.82 Å². The van der Waals surface area contributed by atoms with E-state index in [1.807, 2.05) is 30.3 Å². The first-order valence-electron chi connectivity index (χ1n) is 6.97. The largest absolute Gasteiger partial charge is 0.484 e. The fourth-order valence-electron chi connectivity index (χ4n) is 2.63. The zero-order chi connectivity index (χ0) is 14.7. The second-order valence-corrected chi connectivity index (χ2v) is 5.15. The molecule has 21 heavy (non-hydrogen) atoms. The molecular weight excluding hydrogens is 274 g/mol. The predicted molar refractivity (Wildman–Crippen MR) is 74.9 cm³/mol. The predicted octanol–water partition coefficient (Wildman–Crippen LogP) is 3.09. The van der Waals surface area contributed by atoms with Gasteiger partial charge in [0.1, 0.15) is 11.9 Å². The number of hydrogen-bond donors (Lipinski definition) is 1. The van der Waals surface area contributed by atoms with Gasteiger partial charge in [0.05, 0.1) is 6.20 Å². The summed E-state index contributed by atoms with van der Waals surface area (Å²) >= 11 is 0. The van der Waals surface area contributed by atoms with E-state index in [0.717, 1.165) is 31.1 Å². The van der Waals surface area contributed by atoms with E-state index in [0.29, 0.717) is 5.92 Å². The Kier molecular flexibility index (Phi) is 4.10. The Morgan fingerprint density at radius 2 is 2.05 bits per heavy atom.